The summed E-state index contributed by atoms with van der Waals surface area (Å²) < 4.78 is 5.44. The highest BCUT2D eigenvalue weighted by Gasteiger charge is 2.30. The molecule has 0 bridgehead atoms. The van der Waals surface area contributed by atoms with Gasteiger partial charge in [0.1, 0.15) is 5.75 Å². The Bertz CT molecular complexity index is 407. The lowest BCUT2D eigenvalue weighted by Gasteiger charge is -2.37. The number of benzene rings is 1. The minimum atomic E-state index is 0.799. The van der Waals surface area contributed by atoms with Crippen molar-refractivity contribution in [2.75, 3.05) is 33.3 Å². The Hall–Kier alpha value is -1.06. The molecular weight excluding hydrogens is 224 g/mol. The Labute approximate surface area is 109 Å². The minimum absolute atomic E-state index is 0.799. The average Bonchev–Trinajstić information content (AvgIpc) is 2.87. The maximum atomic E-state index is 5.44. The number of piperazine rings is 1. The summed E-state index contributed by atoms with van der Waals surface area (Å²) in [4.78, 5) is 5.23. The van der Waals surface area contributed by atoms with E-state index in [9.17, 15) is 0 Å². The first-order valence-electron chi connectivity index (χ1n) is 6.95. The first-order chi connectivity index (χ1) is 8.86. The quantitative estimate of drug-likeness (QED) is 0.811. The molecule has 3 nitrogen and oxygen atoms in total. The van der Waals surface area contributed by atoms with Crippen molar-refractivity contribution in [1.29, 1.82) is 0 Å². The van der Waals surface area contributed by atoms with Crippen molar-refractivity contribution in [1.82, 2.24) is 9.80 Å². The van der Waals surface area contributed by atoms with Crippen LogP contribution < -0.4 is 4.74 Å². The highest BCUT2D eigenvalue weighted by atomic mass is 16.5. The zero-order valence-electron chi connectivity index (χ0n) is 11.1. The Kier molecular flexibility index (Phi) is 3.52. The molecule has 3 heteroatoms. The fourth-order valence-corrected chi connectivity index (χ4v) is 3.27. The molecule has 0 amide bonds. The van der Waals surface area contributed by atoms with Gasteiger partial charge in [0.25, 0.3) is 0 Å². The van der Waals surface area contributed by atoms with Crippen molar-refractivity contribution in [3.63, 3.8) is 0 Å². The van der Waals surface area contributed by atoms with Gasteiger partial charge in [-0.3, -0.25) is 9.80 Å². The van der Waals surface area contributed by atoms with Crippen LogP contribution in [0.25, 0.3) is 0 Å². The molecule has 0 N–H and O–H groups in total. The maximum Gasteiger partial charge on any atom is 0.123 e. The summed E-state index contributed by atoms with van der Waals surface area (Å²) in [6, 6.07) is 9.18. The van der Waals surface area contributed by atoms with E-state index in [4.69, 9.17) is 4.74 Å². The van der Waals surface area contributed by atoms with Gasteiger partial charge < -0.3 is 4.74 Å². The second-order valence-corrected chi connectivity index (χ2v) is 5.38. The maximum absolute atomic E-state index is 5.44. The summed E-state index contributed by atoms with van der Waals surface area (Å²) in [6.07, 6.45) is 2.76. The zero-order chi connectivity index (χ0) is 12.4. The van der Waals surface area contributed by atoms with Crippen molar-refractivity contribution in [3.8, 4) is 5.75 Å². The number of hydrogen-bond donors (Lipinski definition) is 0. The average molecular weight is 246 g/mol. The molecule has 1 aromatic carbocycles. The van der Waals surface area contributed by atoms with Gasteiger partial charge in [0, 0.05) is 37.8 Å². The van der Waals surface area contributed by atoms with Crippen molar-refractivity contribution in [3.05, 3.63) is 29.8 Å². The lowest BCUT2D eigenvalue weighted by Crippen LogP contribution is -2.49. The Morgan fingerprint density at radius 1 is 1.22 bits per heavy atom. The number of fused-ring (bicyclic) bond motifs is 1. The predicted octanol–water partition coefficient (Wildman–Crippen LogP) is 1.98. The smallest absolute Gasteiger partial charge is 0.123 e. The van der Waals surface area contributed by atoms with E-state index in [1.54, 1.807) is 7.11 Å². The summed E-state index contributed by atoms with van der Waals surface area (Å²) >= 11 is 0. The molecule has 0 radical (unpaired) electrons. The van der Waals surface area contributed by atoms with E-state index < -0.39 is 0 Å². The summed E-state index contributed by atoms with van der Waals surface area (Å²) in [7, 11) is 1.76. The minimum Gasteiger partial charge on any atom is -0.496 e. The Balaban J connectivity index is 1.66. The van der Waals surface area contributed by atoms with Gasteiger partial charge in [0.2, 0.25) is 0 Å². The van der Waals surface area contributed by atoms with E-state index in [2.05, 4.69) is 28.0 Å². The van der Waals surface area contributed by atoms with E-state index in [1.165, 1.54) is 44.6 Å². The fraction of sp³-hybridized carbons (Fsp3) is 0.600. The lowest BCUT2D eigenvalue weighted by molar-refractivity contribution is 0.0987. The number of methoxy groups -OCH3 is 1. The number of hydrogen-bond acceptors (Lipinski definition) is 3. The third kappa shape index (κ3) is 2.38. The molecule has 2 fully saturated rings. The fourth-order valence-electron chi connectivity index (χ4n) is 3.27. The van der Waals surface area contributed by atoms with E-state index in [-0.39, 0.29) is 0 Å². The van der Waals surface area contributed by atoms with Crippen LogP contribution in [0.4, 0.5) is 0 Å². The molecule has 2 saturated heterocycles. The normalized spacial score (nSPS) is 25.1. The van der Waals surface area contributed by atoms with Gasteiger partial charge in [-0.15, -0.1) is 0 Å². The largest absolute Gasteiger partial charge is 0.496 e. The van der Waals surface area contributed by atoms with Crippen molar-refractivity contribution >= 4 is 0 Å². The zero-order valence-corrected chi connectivity index (χ0v) is 11.1. The summed E-state index contributed by atoms with van der Waals surface area (Å²) in [6.45, 7) is 5.98. The van der Waals surface area contributed by atoms with Crippen LogP contribution in [0, 0.1) is 0 Å². The van der Waals surface area contributed by atoms with Crippen LogP contribution in [0.2, 0.25) is 0 Å². The van der Waals surface area contributed by atoms with Gasteiger partial charge in [0.05, 0.1) is 7.11 Å². The molecule has 1 atom stereocenters. The molecule has 2 aliphatic heterocycles. The second kappa shape index (κ2) is 5.29. The molecule has 1 unspecified atom stereocenters. The van der Waals surface area contributed by atoms with Gasteiger partial charge in [-0.25, -0.2) is 0 Å². The SMILES string of the molecule is COc1ccccc1CN1CCN2CCCC2C1. The van der Waals surface area contributed by atoms with Gasteiger partial charge in [-0.2, -0.15) is 0 Å². The van der Waals surface area contributed by atoms with E-state index in [0.29, 0.717) is 0 Å². The third-order valence-corrected chi connectivity index (χ3v) is 4.26. The summed E-state index contributed by atoms with van der Waals surface area (Å²) in [5.41, 5.74) is 1.31. The predicted molar refractivity (Wildman–Crippen MR) is 72.9 cm³/mol. The monoisotopic (exact) mass is 246 g/mol. The van der Waals surface area contributed by atoms with Crippen LogP contribution in [0.15, 0.2) is 24.3 Å². The van der Waals surface area contributed by atoms with Crippen molar-refractivity contribution < 1.29 is 4.74 Å². The number of para-hydroxylation sites is 1. The number of nitrogens with zero attached hydrogens (tertiary/aromatic N) is 2. The topological polar surface area (TPSA) is 15.7 Å². The summed E-state index contributed by atoms with van der Waals surface area (Å²) in [5, 5.41) is 0. The molecule has 2 heterocycles. The molecule has 0 aromatic heterocycles. The molecular formula is C15H22N2O. The molecule has 98 valence electrons. The Morgan fingerprint density at radius 3 is 3.00 bits per heavy atom. The van der Waals surface area contributed by atoms with E-state index >= 15 is 0 Å². The highest BCUT2D eigenvalue weighted by molar-refractivity contribution is 5.33. The number of rotatable bonds is 3. The first kappa shape index (κ1) is 12.0. The lowest BCUT2D eigenvalue weighted by atomic mass is 10.1. The molecule has 0 spiro atoms. The molecule has 1 aromatic rings. The van der Waals surface area contributed by atoms with Crippen LogP contribution in [0.5, 0.6) is 5.75 Å². The van der Waals surface area contributed by atoms with Gasteiger partial charge in [-0.05, 0) is 25.5 Å². The third-order valence-electron chi connectivity index (χ3n) is 4.26. The van der Waals surface area contributed by atoms with Crippen LogP contribution in [-0.4, -0.2) is 49.1 Å². The molecule has 3 rings (SSSR count). The van der Waals surface area contributed by atoms with Gasteiger partial charge in [-0.1, -0.05) is 18.2 Å². The van der Waals surface area contributed by atoms with E-state index in [1.807, 2.05) is 6.07 Å². The number of ether oxygens (including phenoxy) is 1. The van der Waals surface area contributed by atoms with Crippen LogP contribution >= 0.6 is 0 Å². The van der Waals surface area contributed by atoms with Gasteiger partial charge >= 0.3 is 0 Å². The Morgan fingerprint density at radius 2 is 2.11 bits per heavy atom. The van der Waals surface area contributed by atoms with Crippen molar-refractivity contribution in [2.45, 2.75) is 25.4 Å². The van der Waals surface area contributed by atoms with Crippen LogP contribution in [0.1, 0.15) is 18.4 Å². The second-order valence-electron chi connectivity index (χ2n) is 5.38. The van der Waals surface area contributed by atoms with Gasteiger partial charge in [0.15, 0.2) is 0 Å². The molecule has 0 aliphatic carbocycles. The van der Waals surface area contributed by atoms with Crippen LogP contribution in [0.3, 0.4) is 0 Å². The molecule has 2 aliphatic rings. The standard InChI is InChI=1S/C15H22N2O/c1-18-15-7-3-2-5-13(15)11-16-9-10-17-8-4-6-14(17)12-16/h2-3,5,7,14H,4,6,8-12H2,1H3. The molecule has 18 heavy (non-hydrogen) atoms. The first-order valence-corrected chi connectivity index (χ1v) is 6.95. The van der Waals surface area contributed by atoms with E-state index in [0.717, 1.165) is 18.3 Å². The highest BCUT2D eigenvalue weighted by Crippen LogP contribution is 2.24. The molecule has 0 saturated carbocycles. The van der Waals surface area contributed by atoms with Crippen LogP contribution in [-0.2, 0) is 6.54 Å². The summed E-state index contributed by atoms with van der Waals surface area (Å²) in [5.74, 6) is 1.02. The van der Waals surface area contributed by atoms with Crippen molar-refractivity contribution in [2.24, 2.45) is 0 Å².